The average Bonchev–Trinajstić information content (AvgIpc) is 3.41. The summed E-state index contributed by atoms with van der Waals surface area (Å²) in [6.45, 7) is 1.04. The highest BCUT2D eigenvalue weighted by atomic mass is 32.1. The molecule has 140 valence electrons. The minimum Gasteiger partial charge on any atom is -0.334 e. The average molecular weight is 407 g/mol. The fourth-order valence-corrected chi connectivity index (χ4v) is 4.46. The summed E-state index contributed by atoms with van der Waals surface area (Å²) in [5, 5.41) is 4.97. The highest BCUT2D eigenvalue weighted by Gasteiger charge is 2.17. The van der Waals surface area contributed by atoms with Crippen molar-refractivity contribution in [3.63, 3.8) is 0 Å². The predicted octanol–water partition coefficient (Wildman–Crippen LogP) is 4.43. The second-order valence-corrected chi connectivity index (χ2v) is 8.07. The van der Waals surface area contributed by atoms with Gasteiger partial charge in [-0.25, -0.2) is 4.98 Å². The zero-order valence-electron chi connectivity index (χ0n) is 15.1. The van der Waals surface area contributed by atoms with Crippen LogP contribution in [0.25, 0.3) is 9.88 Å². The molecule has 5 nitrogen and oxygen atoms in total. The monoisotopic (exact) mass is 406 g/mol. The third kappa shape index (κ3) is 4.68. The summed E-state index contributed by atoms with van der Waals surface area (Å²) >= 11 is 3.24. The maximum Gasteiger partial charge on any atom is 0.229 e. The van der Waals surface area contributed by atoms with Gasteiger partial charge in [-0.2, -0.15) is 0 Å². The lowest BCUT2D eigenvalue weighted by Crippen LogP contribution is -2.31. The Bertz CT molecular complexity index is 976. The number of hydrogen-bond donors (Lipinski definition) is 0. The lowest BCUT2D eigenvalue weighted by molar-refractivity contribution is -0.131. The predicted molar refractivity (Wildman–Crippen MR) is 112 cm³/mol. The largest absolute Gasteiger partial charge is 0.334 e. The zero-order valence-corrected chi connectivity index (χ0v) is 16.7. The molecule has 4 aromatic heterocycles. The second kappa shape index (κ2) is 8.86. The molecule has 4 rings (SSSR count). The van der Waals surface area contributed by atoms with Gasteiger partial charge in [0.2, 0.25) is 5.91 Å². The van der Waals surface area contributed by atoms with E-state index in [1.165, 1.54) is 0 Å². The molecule has 0 aliphatic rings. The van der Waals surface area contributed by atoms with Gasteiger partial charge in [-0.05, 0) is 40.8 Å². The Morgan fingerprint density at radius 3 is 2.54 bits per heavy atom. The summed E-state index contributed by atoms with van der Waals surface area (Å²) < 4.78 is 0. The van der Waals surface area contributed by atoms with Gasteiger partial charge in [-0.15, -0.1) is 22.7 Å². The van der Waals surface area contributed by atoms with Crippen LogP contribution in [0, 0.1) is 0 Å². The van der Waals surface area contributed by atoms with Crippen LogP contribution in [0.4, 0.5) is 0 Å². The number of amides is 1. The molecule has 4 aromatic rings. The van der Waals surface area contributed by atoms with Gasteiger partial charge >= 0.3 is 0 Å². The maximum atomic E-state index is 13.1. The smallest absolute Gasteiger partial charge is 0.229 e. The van der Waals surface area contributed by atoms with E-state index in [1.807, 2.05) is 52.1 Å². The first-order valence-electron chi connectivity index (χ1n) is 8.82. The fraction of sp³-hybridized carbons (Fsp3) is 0.143. The van der Waals surface area contributed by atoms with Gasteiger partial charge in [0.05, 0.1) is 17.0 Å². The Morgan fingerprint density at radius 1 is 0.929 bits per heavy atom. The topological polar surface area (TPSA) is 59.0 Å². The number of thiazole rings is 1. The molecule has 7 heteroatoms. The molecule has 1 amide bonds. The molecular weight excluding hydrogens is 388 g/mol. The van der Waals surface area contributed by atoms with Crippen molar-refractivity contribution in [1.82, 2.24) is 19.9 Å². The Balaban J connectivity index is 1.50. The molecule has 0 N–H and O–H groups in total. The number of aromatic nitrogens is 3. The van der Waals surface area contributed by atoms with Gasteiger partial charge in [0.25, 0.3) is 0 Å². The van der Waals surface area contributed by atoms with Gasteiger partial charge in [0.15, 0.2) is 0 Å². The van der Waals surface area contributed by atoms with E-state index in [4.69, 9.17) is 0 Å². The number of thiophene rings is 1. The Morgan fingerprint density at radius 2 is 1.79 bits per heavy atom. The van der Waals surface area contributed by atoms with E-state index >= 15 is 0 Å². The third-order valence-corrected chi connectivity index (χ3v) is 6.12. The van der Waals surface area contributed by atoms with Gasteiger partial charge in [-0.1, -0.05) is 12.1 Å². The van der Waals surface area contributed by atoms with Crippen molar-refractivity contribution in [1.29, 1.82) is 0 Å². The van der Waals surface area contributed by atoms with Crippen LogP contribution < -0.4 is 0 Å². The molecule has 0 spiro atoms. The Hall–Kier alpha value is -2.90. The third-order valence-electron chi connectivity index (χ3n) is 4.19. The van der Waals surface area contributed by atoms with Gasteiger partial charge < -0.3 is 4.90 Å². The summed E-state index contributed by atoms with van der Waals surface area (Å²) in [5.74, 6) is 0.0451. The van der Waals surface area contributed by atoms with E-state index in [0.29, 0.717) is 13.1 Å². The highest BCUT2D eigenvalue weighted by molar-refractivity contribution is 7.20. The number of carbonyl (C=O) groups is 1. The first kappa shape index (κ1) is 18.5. The minimum absolute atomic E-state index is 0.0451. The quantitative estimate of drug-likeness (QED) is 0.455. The number of carbonyl (C=O) groups excluding carboxylic acids is 1. The van der Waals surface area contributed by atoms with Crippen molar-refractivity contribution >= 4 is 28.6 Å². The van der Waals surface area contributed by atoms with Crippen LogP contribution in [0.5, 0.6) is 0 Å². The van der Waals surface area contributed by atoms with Crippen molar-refractivity contribution in [3.05, 3.63) is 88.8 Å². The molecule has 4 heterocycles. The first-order chi connectivity index (χ1) is 13.8. The van der Waals surface area contributed by atoms with E-state index in [9.17, 15) is 4.79 Å². The molecule has 0 saturated heterocycles. The van der Waals surface area contributed by atoms with E-state index < -0.39 is 0 Å². The van der Waals surface area contributed by atoms with Crippen molar-refractivity contribution in [3.8, 4) is 9.88 Å². The first-order valence-corrected chi connectivity index (χ1v) is 10.6. The van der Waals surface area contributed by atoms with Gasteiger partial charge in [0.1, 0.15) is 5.01 Å². The standard InChI is InChI=1S/C21H18N4OS2/c26-20(11-18-15-28-21(24-18)19-4-2-10-27-19)25(13-16-5-8-22-9-6-16)14-17-3-1-7-23-12-17/h1-10,12,15H,11,13-14H2. The molecule has 0 bridgehead atoms. The molecule has 0 radical (unpaired) electrons. The molecule has 0 unspecified atom stereocenters. The molecule has 0 aliphatic heterocycles. The van der Waals surface area contributed by atoms with Crippen molar-refractivity contribution in [2.24, 2.45) is 0 Å². The number of pyridine rings is 2. The van der Waals surface area contributed by atoms with E-state index in [-0.39, 0.29) is 12.3 Å². The number of nitrogens with zero attached hydrogens (tertiary/aromatic N) is 4. The Kier molecular flexibility index (Phi) is 5.84. The molecule has 0 atom stereocenters. The van der Waals surface area contributed by atoms with Crippen molar-refractivity contribution in [2.75, 3.05) is 0 Å². The van der Waals surface area contributed by atoms with Crippen LogP contribution >= 0.6 is 22.7 Å². The summed E-state index contributed by atoms with van der Waals surface area (Å²) in [7, 11) is 0. The van der Waals surface area contributed by atoms with Crippen LogP contribution in [0.15, 0.2) is 71.9 Å². The minimum atomic E-state index is 0.0451. The molecule has 0 aliphatic carbocycles. The normalized spacial score (nSPS) is 10.7. The van der Waals surface area contributed by atoms with Crippen molar-refractivity contribution < 1.29 is 4.79 Å². The lowest BCUT2D eigenvalue weighted by atomic mass is 10.2. The summed E-state index contributed by atoms with van der Waals surface area (Å²) in [5.41, 5.74) is 2.86. The van der Waals surface area contributed by atoms with E-state index in [0.717, 1.165) is 26.7 Å². The van der Waals surface area contributed by atoms with Gasteiger partial charge in [0, 0.05) is 43.3 Å². The highest BCUT2D eigenvalue weighted by Crippen LogP contribution is 2.28. The zero-order chi connectivity index (χ0) is 19.2. The van der Waals surface area contributed by atoms with Gasteiger partial charge in [-0.3, -0.25) is 14.8 Å². The fourth-order valence-electron chi connectivity index (χ4n) is 2.82. The van der Waals surface area contributed by atoms with Crippen LogP contribution in [0.3, 0.4) is 0 Å². The molecule has 0 aromatic carbocycles. The van der Waals surface area contributed by atoms with Crippen molar-refractivity contribution in [2.45, 2.75) is 19.5 Å². The summed E-state index contributed by atoms with van der Waals surface area (Å²) in [4.78, 5) is 28.9. The molecule has 0 saturated carbocycles. The molecule has 28 heavy (non-hydrogen) atoms. The number of rotatable bonds is 7. The van der Waals surface area contributed by atoms with Crippen LogP contribution in [0.2, 0.25) is 0 Å². The van der Waals surface area contributed by atoms with Crippen LogP contribution in [-0.4, -0.2) is 25.8 Å². The maximum absolute atomic E-state index is 13.1. The second-order valence-electron chi connectivity index (χ2n) is 6.26. The lowest BCUT2D eigenvalue weighted by Gasteiger charge is -2.22. The van der Waals surface area contributed by atoms with E-state index in [1.54, 1.807) is 47.5 Å². The molecule has 0 fully saturated rings. The van der Waals surface area contributed by atoms with Crippen LogP contribution in [-0.2, 0) is 24.3 Å². The summed E-state index contributed by atoms with van der Waals surface area (Å²) in [6, 6.07) is 11.8. The summed E-state index contributed by atoms with van der Waals surface area (Å²) in [6.07, 6.45) is 7.31. The van der Waals surface area contributed by atoms with E-state index in [2.05, 4.69) is 15.0 Å². The SMILES string of the molecule is O=C(Cc1csc(-c2cccs2)n1)N(Cc1ccncc1)Cc1cccnc1. The molecular formula is C21H18N4OS2. The number of hydrogen-bond acceptors (Lipinski definition) is 6. The Labute approximate surface area is 171 Å². The van der Waals surface area contributed by atoms with Crippen LogP contribution in [0.1, 0.15) is 16.8 Å².